The van der Waals surface area contributed by atoms with E-state index in [9.17, 15) is 14.3 Å². The Hall–Kier alpha value is -2.54. The standard InChI is InChI=1S/C15H12FN3O2S/c16-11-4-1-3-10(7-11)9-19-13(8-12-5-2-6-22-12)14(15(20)21)17-18-19/h1-7H,8-9H2,(H,20,21). The average Bonchev–Trinajstić information content (AvgIpc) is 3.10. The minimum absolute atomic E-state index is 0.0650. The Morgan fingerprint density at radius 1 is 1.32 bits per heavy atom. The zero-order valence-electron chi connectivity index (χ0n) is 11.4. The predicted molar refractivity (Wildman–Crippen MR) is 79.6 cm³/mol. The molecule has 0 bridgehead atoms. The summed E-state index contributed by atoms with van der Waals surface area (Å²) in [6.45, 7) is 0.277. The highest BCUT2D eigenvalue weighted by Gasteiger charge is 2.19. The van der Waals surface area contributed by atoms with E-state index in [1.54, 1.807) is 12.1 Å². The number of hydrogen-bond donors (Lipinski definition) is 1. The molecule has 0 aliphatic carbocycles. The van der Waals surface area contributed by atoms with Crippen LogP contribution in [0.1, 0.15) is 26.6 Å². The Bertz CT molecular complexity index is 799. The maximum absolute atomic E-state index is 13.3. The lowest BCUT2D eigenvalue weighted by molar-refractivity contribution is 0.0689. The Kier molecular flexibility index (Phi) is 3.97. The predicted octanol–water partition coefficient (Wildman–Crippen LogP) is 2.82. The molecule has 3 aromatic rings. The van der Waals surface area contributed by atoms with E-state index in [1.807, 2.05) is 17.5 Å². The number of aromatic nitrogens is 3. The van der Waals surface area contributed by atoms with Gasteiger partial charge in [-0.05, 0) is 29.1 Å². The number of thiophene rings is 1. The third kappa shape index (κ3) is 3.04. The van der Waals surface area contributed by atoms with Crippen molar-refractivity contribution in [1.29, 1.82) is 0 Å². The second kappa shape index (κ2) is 6.07. The number of hydrogen-bond acceptors (Lipinski definition) is 4. The van der Waals surface area contributed by atoms with Gasteiger partial charge in [0.15, 0.2) is 5.69 Å². The van der Waals surface area contributed by atoms with E-state index in [0.717, 1.165) is 4.88 Å². The quantitative estimate of drug-likeness (QED) is 0.785. The van der Waals surface area contributed by atoms with Crippen molar-refractivity contribution in [3.63, 3.8) is 0 Å². The Balaban J connectivity index is 1.95. The number of carboxylic acid groups (broad SMARTS) is 1. The van der Waals surface area contributed by atoms with Crippen molar-refractivity contribution >= 4 is 17.3 Å². The Labute approximate surface area is 129 Å². The summed E-state index contributed by atoms with van der Waals surface area (Å²) in [5.74, 6) is -1.45. The molecule has 0 amide bonds. The highest BCUT2D eigenvalue weighted by Crippen LogP contribution is 2.18. The Morgan fingerprint density at radius 2 is 2.18 bits per heavy atom. The van der Waals surface area contributed by atoms with Gasteiger partial charge in [-0.3, -0.25) is 0 Å². The Morgan fingerprint density at radius 3 is 2.86 bits per heavy atom. The third-order valence-corrected chi connectivity index (χ3v) is 4.06. The van der Waals surface area contributed by atoms with E-state index in [2.05, 4.69) is 10.3 Å². The largest absolute Gasteiger partial charge is 0.476 e. The first-order chi connectivity index (χ1) is 10.6. The molecule has 2 heterocycles. The fourth-order valence-electron chi connectivity index (χ4n) is 2.19. The van der Waals surface area contributed by atoms with Crippen molar-refractivity contribution in [3.8, 4) is 0 Å². The van der Waals surface area contributed by atoms with E-state index < -0.39 is 5.97 Å². The molecule has 0 atom stereocenters. The van der Waals surface area contributed by atoms with Gasteiger partial charge in [-0.25, -0.2) is 13.9 Å². The third-order valence-electron chi connectivity index (χ3n) is 3.18. The molecule has 3 rings (SSSR count). The van der Waals surface area contributed by atoms with Crippen LogP contribution in [-0.2, 0) is 13.0 Å². The highest BCUT2D eigenvalue weighted by molar-refractivity contribution is 7.09. The molecule has 0 unspecified atom stereocenters. The topological polar surface area (TPSA) is 68.0 Å². The van der Waals surface area contributed by atoms with Crippen LogP contribution in [-0.4, -0.2) is 26.1 Å². The summed E-state index contributed by atoms with van der Waals surface area (Å²) in [4.78, 5) is 12.3. The summed E-state index contributed by atoms with van der Waals surface area (Å²) in [6, 6.07) is 9.97. The molecule has 5 nitrogen and oxygen atoms in total. The van der Waals surface area contributed by atoms with E-state index >= 15 is 0 Å². The van der Waals surface area contributed by atoms with Crippen molar-refractivity contribution in [1.82, 2.24) is 15.0 Å². The van der Waals surface area contributed by atoms with Crippen LogP contribution in [0.15, 0.2) is 41.8 Å². The van der Waals surface area contributed by atoms with Gasteiger partial charge < -0.3 is 5.11 Å². The van der Waals surface area contributed by atoms with E-state index in [-0.39, 0.29) is 18.1 Å². The van der Waals surface area contributed by atoms with E-state index in [4.69, 9.17) is 0 Å². The zero-order chi connectivity index (χ0) is 15.5. The maximum atomic E-state index is 13.3. The van der Waals surface area contributed by atoms with Crippen LogP contribution in [0.5, 0.6) is 0 Å². The van der Waals surface area contributed by atoms with Crippen molar-refractivity contribution in [3.05, 3.63) is 69.4 Å². The number of nitrogens with zero attached hydrogens (tertiary/aromatic N) is 3. The minimum Gasteiger partial charge on any atom is -0.476 e. The van der Waals surface area contributed by atoms with Gasteiger partial charge in [-0.2, -0.15) is 0 Å². The summed E-state index contributed by atoms with van der Waals surface area (Å²) in [5, 5.41) is 18.8. The lowest BCUT2D eigenvalue weighted by Gasteiger charge is -2.06. The second-order valence-corrected chi connectivity index (χ2v) is 5.77. The smallest absolute Gasteiger partial charge is 0.358 e. The fourth-order valence-corrected chi connectivity index (χ4v) is 2.90. The van der Waals surface area contributed by atoms with E-state index in [0.29, 0.717) is 17.7 Å². The summed E-state index contributed by atoms with van der Waals surface area (Å²) >= 11 is 1.54. The van der Waals surface area contributed by atoms with E-state index in [1.165, 1.54) is 28.2 Å². The van der Waals surface area contributed by atoms with Crippen molar-refractivity contribution in [2.24, 2.45) is 0 Å². The van der Waals surface area contributed by atoms with Crippen molar-refractivity contribution < 1.29 is 14.3 Å². The summed E-state index contributed by atoms with van der Waals surface area (Å²) < 4.78 is 14.8. The van der Waals surface area contributed by atoms with Gasteiger partial charge in [0.2, 0.25) is 0 Å². The molecule has 1 aromatic carbocycles. The van der Waals surface area contributed by atoms with Crippen LogP contribution < -0.4 is 0 Å². The highest BCUT2D eigenvalue weighted by atomic mass is 32.1. The summed E-state index contributed by atoms with van der Waals surface area (Å²) in [7, 11) is 0. The lowest BCUT2D eigenvalue weighted by atomic mass is 10.2. The van der Waals surface area contributed by atoms with Gasteiger partial charge in [0, 0.05) is 11.3 Å². The average molecular weight is 317 g/mol. The molecule has 0 radical (unpaired) electrons. The molecular weight excluding hydrogens is 305 g/mol. The molecule has 0 fully saturated rings. The number of carboxylic acids is 1. The first-order valence-corrected chi connectivity index (χ1v) is 7.44. The summed E-state index contributed by atoms with van der Waals surface area (Å²) in [5.41, 5.74) is 1.15. The molecule has 112 valence electrons. The number of halogens is 1. The van der Waals surface area contributed by atoms with Gasteiger partial charge in [0.25, 0.3) is 0 Å². The van der Waals surface area contributed by atoms with Gasteiger partial charge in [0.1, 0.15) is 5.82 Å². The first kappa shape index (κ1) is 14.4. The number of aromatic carboxylic acids is 1. The van der Waals surface area contributed by atoms with Crippen LogP contribution in [0.2, 0.25) is 0 Å². The lowest BCUT2D eigenvalue weighted by Crippen LogP contribution is -2.10. The van der Waals surface area contributed by atoms with Crippen LogP contribution in [0.4, 0.5) is 4.39 Å². The van der Waals surface area contributed by atoms with Gasteiger partial charge >= 0.3 is 5.97 Å². The molecule has 1 N–H and O–H groups in total. The van der Waals surface area contributed by atoms with Crippen LogP contribution in [0.3, 0.4) is 0 Å². The van der Waals surface area contributed by atoms with Crippen molar-refractivity contribution in [2.45, 2.75) is 13.0 Å². The molecule has 22 heavy (non-hydrogen) atoms. The number of carbonyl (C=O) groups is 1. The van der Waals surface area contributed by atoms with Gasteiger partial charge in [0.05, 0.1) is 12.2 Å². The molecule has 2 aromatic heterocycles. The van der Waals surface area contributed by atoms with Crippen LogP contribution in [0, 0.1) is 5.82 Å². The summed E-state index contributed by atoms with van der Waals surface area (Å²) in [6.07, 6.45) is 0.432. The van der Waals surface area contributed by atoms with Gasteiger partial charge in [-0.1, -0.05) is 23.4 Å². The van der Waals surface area contributed by atoms with Crippen LogP contribution >= 0.6 is 11.3 Å². The SMILES string of the molecule is O=C(O)c1nnn(Cc2cccc(F)c2)c1Cc1cccs1. The minimum atomic E-state index is -1.11. The normalized spacial score (nSPS) is 10.8. The molecule has 0 saturated heterocycles. The molecular formula is C15H12FN3O2S. The molecule has 0 saturated carbocycles. The molecule has 0 aliphatic rings. The number of benzene rings is 1. The molecule has 0 aliphatic heterocycles. The molecule has 7 heteroatoms. The van der Waals surface area contributed by atoms with Crippen molar-refractivity contribution in [2.75, 3.05) is 0 Å². The maximum Gasteiger partial charge on any atom is 0.358 e. The van der Waals surface area contributed by atoms with Gasteiger partial charge in [-0.15, -0.1) is 16.4 Å². The first-order valence-electron chi connectivity index (χ1n) is 6.56. The number of rotatable bonds is 5. The van der Waals surface area contributed by atoms with Crippen LogP contribution in [0.25, 0.3) is 0 Å². The monoisotopic (exact) mass is 317 g/mol. The zero-order valence-corrected chi connectivity index (χ0v) is 12.3. The second-order valence-electron chi connectivity index (χ2n) is 4.73. The molecule has 0 spiro atoms. The fraction of sp³-hybridized carbons (Fsp3) is 0.133.